The van der Waals surface area contributed by atoms with Crippen LogP contribution in [0.3, 0.4) is 0 Å². The zero-order valence-corrected chi connectivity index (χ0v) is 11.2. The maximum absolute atomic E-state index is 12.1. The lowest BCUT2D eigenvalue weighted by Crippen LogP contribution is -2.36. The number of imide groups is 1. The number of rotatable bonds is 3. The van der Waals surface area contributed by atoms with Crippen molar-refractivity contribution in [2.45, 2.75) is 12.5 Å². The highest BCUT2D eigenvalue weighted by molar-refractivity contribution is 6.20. The van der Waals surface area contributed by atoms with Crippen molar-refractivity contribution in [3.63, 3.8) is 0 Å². The van der Waals surface area contributed by atoms with Crippen molar-refractivity contribution in [1.29, 1.82) is 0 Å². The molecule has 1 saturated heterocycles. The molecule has 0 aliphatic carbocycles. The number of carbonyl (C=O) groups excluding carboxylic acids is 3. The summed E-state index contributed by atoms with van der Waals surface area (Å²) in [7, 11) is 0. The number of hydrogen-bond donors (Lipinski definition) is 0. The second kappa shape index (κ2) is 5.14. The topological polar surface area (TPSA) is 72.9 Å². The minimum atomic E-state index is -0.660. The minimum absolute atomic E-state index is 0.234. The molecule has 2 heterocycles. The molecule has 2 atom stereocenters. The molecule has 2 aliphatic heterocycles. The van der Waals surface area contributed by atoms with E-state index in [1.54, 1.807) is 12.1 Å². The van der Waals surface area contributed by atoms with E-state index in [1.807, 2.05) is 0 Å². The summed E-state index contributed by atoms with van der Waals surface area (Å²) in [6.07, 6.45) is 1.53. The molecule has 0 unspecified atom stereocenters. The molecule has 0 aromatic heterocycles. The molecule has 2 aliphatic rings. The molecule has 1 fully saturated rings. The van der Waals surface area contributed by atoms with Crippen LogP contribution in [0.15, 0.2) is 36.9 Å². The third-order valence-corrected chi connectivity index (χ3v) is 3.61. The Labute approximate surface area is 120 Å². The first-order valence-electron chi connectivity index (χ1n) is 6.57. The highest BCUT2D eigenvalue weighted by Crippen LogP contribution is 2.27. The second-order valence-electron chi connectivity index (χ2n) is 4.83. The fourth-order valence-electron chi connectivity index (χ4n) is 2.50. The Kier molecular flexibility index (Phi) is 3.31. The SMILES string of the molecule is C=C[C@@H]1OCC[C@H]1C(=O)ON1C(=O)c2ccccc2C1=O. The Morgan fingerprint density at radius 1 is 1.29 bits per heavy atom. The van der Waals surface area contributed by atoms with Gasteiger partial charge in [-0.1, -0.05) is 23.3 Å². The molecular formula is C15H13NO5. The quantitative estimate of drug-likeness (QED) is 0.619. The summed E-state index contributed by atoms with van der Waals surface area (Å²) in [5.74, 6) is -2.46. The smallest absolute Gasteiger partial charge is 0.339 e. The van der Waals surface area contributed by atoms with Crippen LogP contribution in [-0.2, 0) is 14.4 Å². The summed E-state index contributed by atoms with van der Waals surface area (Å²) in [6, 6.07) is 6.34. The van der Waals surface area contributed by atoms with Crippen molar-refractivity contribution >= 4 is 17.8 Å². The second-order valence-corrected chi connectivity index (χ2v) is 4.83. The summed E-state index contributed by atoms with van der Waals surface area (Å²) in [5.41, 5.74) is 0.469. The van der Waals surface area contributed by atoms with E-state index in [9.17, 15) is 14.4 Å². The van der Waals surface area contributed by atoms with Crippen LogP contribution in [0.5, 0.6) is 0 Å². The molecule has 0 saturated carbocycles. The van der Waals surface area contributed by atoms with Crippen LogP contribution in [0.25, 0.3) is 0 Å². The standard InChI is InChI=1S/C15H13NO5/c1-2-12-11(7-8-20-12)15(19)21-16-13(17)9-5-3-4-6-10(9)14(16)18/h2-6,11-12H,1,7-8H2/t11-,12+/m1/s1. The lowest BCUT2D eigenvalue weighted by molar-refractivity contribution is -0.174. The molecule has 0 radical (unpaired) electrons. The average Bonchev–Trinajstić information content (AvgIpc) is 3.07. The number of ether oxygens (including phenoxy) is 1. The van der Waals surface area contributed by atoms with Gasteiger partial charge in [-0.3, -0.25) is 9.59 Å². The van der Waals surface area contributed by atoms with Crippen LogP contribution in [0, 0.1) is 5.92 Å². The first-order chi connectivity index (χ1) is 10.1. The van der Waals surface area contributed by atoms with E-state index in [2.05, 4.69) is 6.58 Å². The Balaban J connectivity index is 1.78. The maximum Gasteiger partial charge on any atom is 0.339 e. The molecule has 0 N–H and O–H groups in total. The molecule has 6 heteroatoms. The zero-order chi connectivity index (χ0) is 15.0. The van der Waals surface area contributed by atoms with Crippen molar-refractivity contribution in [3.05, 3.63) is 48.0 Å². The molecule has 0 bridgehead atoms. The first kappa shape index (κ1) is 13.5. The van der Waals surface area contributed by atoms with Gasteiger partial charge >= 0.3 is 5.97 Å². The van der Waals surface area contributed by atoms with Gasteiger partial charge in [-0.05, 0) is 18.6 Å². The number of hydroxylamine groups is 2. The van der Waals surface area contributed by atoms with E-state index in [4.69, 9.17) is 9.57 Å². The van der Waals surface area contributed by atoms with Crippen LogP contribution >= 0.6 is 0 Å². The van der Waals surface area contributed by atoms with E-state index in [0.29, 0.717) is 18.1 Å². The normalized spacial score (nSPS) is 24.1. The minimum Gasteiger partial charge on any atom is -0.373 e. The highest BCUT2D eigenvalue weighted by Gasteiger charge is 2.41. The molecule has 3 rings (SSSR count). The molecule has 108 valence electrons. The highest BCUT2D eigenvalue weighted by atomic mass is 16.7. The van der Waals surface area contributed by atoms with Crippen molar-refractivity contribution in [1.82, 2.24) is 5.06 Å². The first-order valence-corrected chi connectivity index (χ1v) is 6.57. The Morgan fingerprint density at radius 3 is 2.48 bits per heavy atom. The lowest BCUT2D eigenvalue weighted by atomic mass is 10.0. The fourth-order valence-corrected chi connectivity index (χ4v) is 2.50. The van der Waals surface area contributed by atoms with Gasteiger partial charge < -0.3 is 9.57 Å². The number of amides is 2. The van der Waals surface area contributed by atoms with Gasteiger partial charge in [0.1, 0.15) is 0 Å². The number of fused-ring (bicyclic) bond motifs is 1. The van der Waals surface area contributed by atoms with Crippen LogP contribution in [0.4, 0.5) is 0 Å². The molecular weight excluding hydrogens is 274 g/mol. The van der Waals surface area contributed by atoms with E-state index < -0.39 is 29.8 Å². The van der Waals surface area contributed by atoms with Crippen LogP contribution in [0.1, 0.15) is 27.1 Å². The lowest BCUT2D eigenvalue weighted by Gasteiger charge is -2.17. The van der Waals surface area contributed by atoms with Gasteiger partial charge in [0.05, 0.1) is 23.1 Å². The zero-order valence-electron chi connectivity index (χ0n) is 11.2. The van der Waals surface area contributed by atoms with Gasteiger partial charge in [-0.15, -0.1) is 6.58 Å². The third kappa shape index (κ3) is 2.13. The van der Waals surface area contributed by atoms with E-state index in [-0.39, 0.29) is 11.1 Å². The summed E-state index contributed by atoms with van der Waals surface area (Å²) >= 11 is 0. The maximum atomic E-state index is 12.1. The largest absolute Gasteiger partial charge is 0.373 e. The van der Waals surface area contributed by atoms with Crippen LogP contribution < -0.4 is 0 Å². The van der Waals surface area contributed by atoms with Crippen molar-refractivity contribution < 1.29 is 24.0 Å². The molecule has 21 heavy (non-hydrogen) atoms. The number of hydrogen-bond acceptors (Lipinski definition) is 5. The molecule has 6 nitrogen and oxygen atoms in total. The fraction of sp³-hybridized carbons (Fsp3) is 0.267. The Morgan fingerprint density at radius 2 is 1.90 bits per heavy atom. The van der Waals surface area contributed by atoms with E-state index in [0.717, 1.165) is 0 Å². The van der Waals surface area contributed by atoms with Gasteiger partial charge in [0.2, 0.25) is 0 Å². The number of carbonyl (C=O) groups is 3. The van der Waals surface area contributed by atoms with Gasteiger partial charge in [0.25, 0.3) is 11.8 Å². The Hall–Kier alpha value is -2.47. The number of benzene rings is 1. The van der Waals surface area contributed by atoms with E-state index in [1.165, 1.54) is 18.2 Å². The van der Waals surface area contributed by atoms with Crippen LogP contribution in [0.2, 0.25) is 0 Å². The van der Waals surface area contributed by atoms with Crippen LogP contribution in [-0.4, -0.2) is 35.6 Å². The van der Waals surface area contributed by atoms with Gasteiger partial charge in [0.15, 0.2) is 0 Å². The summed E-state index contributed by atoms with van der Waals surface area (Å²) in [5, 5.41) is 0.519. The molecule has 1 aromatic rings. The van der Waals surface area contributed by atoms with Gasteiger partial charge in [0, 0.05) is 6.61 Å². The van der Waals surface area contributed by atoms with Crippen molar-refractivity contribution in [3.8, 4) is 0 Å². The van der Waals surface area contributed by atoms with Gasteiger partial charge in [-0.25, -0.2) is 4.79 Å². The molecule has 0 spiro atoms. The summed E-state index contributed by atoms with van der Waals surface area (Å²) in [4.78, 5) is 41.3. The van der Waals surface area contributed by atoms with Crippen molar-refractivity contribution in [2.75, 3.05) is 6.61 Å². The molecule has 1 aromatic carbocycles. The predicted molar refractivity (Wildman–Crippen MR) is 71.1 cm³/mol. The number of nitrogens with zero attached hydrogens (tertiary/aromatic N) is 1. The van der Waals surface area contributed by atoms with Gasteiger partial charge in [-0.2, -0.15) is 0 Å². The average molecular weight is 287 g/mol. The van der Waals surface area contributed by atoms with E-state index >= 15 is 0 Å². The predicted octanol–water partition coefficient (Wildman–Crippen LogP) is 1.33. The summed E-state index contributed by atoms with van der Waals surface area (Å²) in [6.45, 7) is 4.00. The third-order valence-electron chi connectivity index (χ3n) is 3.61. The monoisotopic (exact) mass is 287 g/mol. The van der Waals surface area contributed by atoms with Crippen molar-refractivity contribution in [2.24, 2.45) is 5.92 Å². The molecule has 2 amide bonds. The summed E-state index contributed by atoms with van der Waals surface area (Å²) < 4.78 is 5.31. The Bertz CT molecular complexity index is 604.